The minimum atomic E-state index is -0.208. The van der Waals surface area contributed by atoms with Gasteiger partial charge in [-0.05, 0) is 67.7 Å². The average Bonchev–Trinajstić information content (AvgIpc) is 3.39. The molecule has 0 saturated carbocycles. The highest BCUT2D eigenvalue weighted by Crippen LogP contribution is 2.39. The molecule has 1 aromatic heterocycles. The first kappa shape index (κ1) is 23.9. The highest BCUT2D eigenvalue weighted by atomic mass is 32.1. The Hall–Kier alpha value is -3.77. The molecule has 0 saturated heterocycles. The first-order chi connectivity index (χ1) is 17.5. The van der Waals surface area contributed by atoms with Gasteiger partial charge in [-0.2, -0.15) is 4.98 Å². The Morgan fingerprint density at radius 2 is 1.47 bits per heavy atom. The van der Waals surface area contributed by atoms with E-state index in [1.54, 1.807) is 0 Å². The Bertz CT molecular complexity index is 1400. The highest BCUT2D eigenvalue weighted by Gasteiger charge is 2.34. The maximum Gasteiger partial charge on any atom is 0.258 e. The van der Waals surface area contributed by atoms with E-state index in [9.17, 15) is 0 Å². The zero-order valence-electron chi connectivity index (χ0n) is 21.1. The van der Waals surface area contributed by atoms with Crippen molar-refractivity contribution in [1.82, 2.24) is 15.5 Å². The summed E-state index contributed by atoms with van der Waals surface area (Å²) in [7, 11) is 0. The average molecular weight is 495 g/mol. The summed E-state index contributed by atoms with van der Waals surface area (Å²) in [5.74, 6) is 1.06. The molecule has 0 amide bonds. The van der Waals surface area contributed by atoms with Crippen LogP contribution in [0.15, 0.2) is 83.0 Å². The van der Waals surface area contributed by atoms with Gasteiger partial charge < -0.3 is 9.84 Å². The van der Waals surface area contributed by atoms with Gasteiger partial charge in [0.2, 0.25) is 5.82 Å². The van der Waals surface area contributed by atoms with Crippen LogP contribution in [0.5, 0.6) is 0 Å². The van der Waals surface area contributed by atoms with Crippen molar-refractivity contribution in [3.63, 3.8) is 0 Å². The summed E-state index contributed by atoms with van der Waals surface area (Å²) in [6.07, 6.45) is 1.98. The van der Waals surface area contributed by atoms with E-state index >= 15 is 0 Å². The van der Waals surface area contributed by atoms with Gasteiger partial charge in [-0.15, -0.1) is 0 Å². The normalized spacial score (nSPS) is 15.8. The molecule has 2 heterocycles. The van der Waals surface area contributed by atoms with Crippen LogP contribution < -0.4 is 10.2 Å². The van der Waals surface area contributed by atoms with E-state index in [-0.39, 0.29) is 6.04 Å². The summed E-state index contributed by atoms with van der Waals surface area (Å²) in [6, 6.07) is 25.0. The summed E-state index contributed by atoms with van der Waals surface area (Å²) in [5.41, 5.74) is 8.65. The predicted octanol–water partition coefficient (Wildman–Crippen LogP) is 7.04. The standard InChI is InChI=1S/C30H30N4OS/c1-5-21-9-15-24(16-10-21)28-32-29(35-33-28)26-20(4)34(25-17-11-22(6-2)12-18-25)30(36)31-27(26)23-13-7-19(3)8-14-23/h7-18,27H,5-6H2,1-4H3,(H,31,36). The molecular weight excluding hydrogens is 464 g/mol. The molecule has 0 radical (unpaired) electrons. The number of nitrogens with zero attached hydrogens (tertiary/aromatic N) is 3. The maximum absolute atomic E-state index is 5.89. The van der Waals surface area contributed by atoms with Crippen LogP contribution >= 0.6 is 12.2 Å². The third kappa shape index (κ3) is 4.56. The molecule has 4 aromatic rings. The number of hydrogen-bond acceptors (Lipinski definition) is 4. The van der Waals surface area contributed by atoms with Crippen LogP contribution in [-0.4, -0.2) is 15.3 Å². The van der Waals surface area contributed by atoms with Gasteiger partial charge in [0, 0.05) is 16.9 Å². The van der Waals surface area contributed by atoms with E-state index in [0.717, 1.165) is 40.9 Å². The lowest BCUT2D eigenvalue weighted by Gasteiger charge is -2.37. The molecule has 5 nitrogen and oxygen atoms in total. The third-order valence-corrected chi connectivity index (χ3v) is 7.08. The van der Waals surface area contributed by atoms with Gasteiger partial charge in [-0.3, -0.25) is 4.90 Å². The highest BCUT2D eigenvalue weighted by molar-refractivity contribution is 7.80. The number of nitrogens with one attached hydrogen (secondary N) is 1. The molecule has 1 atom stereocenters. The van der Waals surface area contributed by atoms with Crippen LogP contribution in [0.3, 0.4) is 0 Å². The molecular formula is C30H30N4OS. The summed E-state index contributed by atoms with van der Waals surface area (Å²) in [5, 5.41) is 8.52. The number of hydrogen-bond donors (Lipinski definition) is 1. The van der Waals surface area contributed by atoms with Gasteiger partial charge >= 0.3 is 0 Å². The van der Waals surface area contributed by atoms with Gasteiger partial charge in [0.15, 0.2) is 5.11 Å². The van der Waals surface area contributed by atoms with Gasteiger partial charge in [0.25, 0.3) is 5.89 Å². The van der Waals surface area contributed by atoms with Crippen LogP contribution in [-0.2, 0) is 12.8 Å². The number of allylic oxidation sites excluding steroid dienone is 1. The molecule has 0 spiro atoms. The SMILES string of the molecule is CCc1ccc(-c2noc(C3=C(C)N(c4ccc(CC)cc4)C(=S)NC3c3ccc(C)cc3)n2)cc1. The van der Waals surface area contributed by atoms with E-state index in [2.05, 4.69) is 104 Å². The topological polar surface area (TPSA) is 54.2 Å². The number of aromatic nitrogens is 2. The molecule has 182 valence electrons. The first-order valence-electron chi connectivity index (χ1n) is 12.4. The van der Waals surface area contributed by atoms with E-state index in [1.807, 2.05) is 12.1 Å². The molecule has 5 rings (SSSR count). The molecule has 0 aliphatic carbocycles. The van der Waals surface area contributed by atoms with Crippen molar-refractivity contribution < 1.29 is 4.52 Å². The Kier molecular flexibility index (Phi) is 6.70. The molecule has 1 N–H and O–H groups in total. The monoisotopic (exact) mass is 494 g/mol. The molecule has 3 aromatic carbocycles. The smallest absolute Gasteiger partial charge is 0.258 e. The van der Waals surface area contributed by atoms with E-state index in [1.165, 1.54) is 16.7 Å². The fraction of sp³-hybridized carbons (Fsp3) is 0.233. The molecule has 36 heavy (non-hydrogen) atoms. The van der Waals surface area contributed by atoms with Crippen LogP contribution in [0, 0.1) is 6.92 Å². The molecule has 1 aliphatic heterocycles. The van der Waals surface area contributed by atoms with Crippen LogP contribution in [0.4, 0.5) is 5.69 Å². The Morgan fingerprint density at radius 1 is 0.861 bits per heavy atom. The minimum Gasteiger partial charge on any atom is -0.351 e. The second kappa shape index (κ2) is 10.1. The minimum absolute atomic E-state index is 0.208. The van der Waals surface area contributed by atoms with Gasteiger partial charge in [-0.1, -0.05) is 85.2 Å². The molecule has 1 unspecified atom stereocenters. The van der Waals surface area contributed by atoms with Gasteiger partial charge in [0.1, 0.15) is 0 Å². The Morgan fingerprint density at radius 3 is 2.08 bits per heavy atom. The van der Waals surface area contributed by atoms with Crippen molar-refractivity contribution in [2.45, 2.75) is 46.6 Å². The lowest BCUT2D eigenvalue weighted by atomic mass is 9.94. The van der Waals surface area contributed by atoms with E-state index < -0.39 is 0 Å². The number of benzene rings is 3. The second-order valence-corrected chi connectivity index (χ2v) is 9.51. The van der Waals surface area contributed by atoms with E-state index in [0.29, 0.717) is 16.8 Å². The van der Waals surface area contributed by atoms with Crippen molar-refractivity contribution in [2.24, 2.45) is 0 Å². The zero-order chi connectivity index (χ0) is 25.2. The zero-order valence-corrected chi connectivity index (χ0v) is 21.9. The second-order valence-electron chi connectivity index (χ2n) is 9.12. The largest absolute Gasteiger partial charge is 0.351 e. The number of anilines is 1. The summed E-state index contributed by atoms with van der Waals surface area (Å²) in [4.78, 5) is 6.89. The number of rotatable bonds is 6. The Labute approximate surface area is 217 Å². The molecule has 0 bridgehead atoms. The Balaban J connectivity index is 1.61. The van der Waals surface area contributed by atoms with Crippen molar-refractivity contribution in [3.8, 4) is 11.4 Å². The summed E-state index contributed by atoms with van der Waals surface area (Å²) in [6.45, 7) is 8.45. The maximum atomic E-state index is 5.89. The number of thiocarbonyl (C=S) groups is 1. The first-order valence-corrected chi connectivity index (χ1v) is 12.8. The molecule has 6 heteroatoms. The van der Waals surface area contributed by atoms with Crippen LogP contribution in [0.1, 0.15) is 55.0 Å². The van der Waals surface area contributed by atoms with Crippen LogP contribution in [0.2, 0.25) is 0 Å². The van der Waals surface area contributed by atoms with Crippen molar-refractivity contribution in [3.05, 3.63) is 107 Å². The van der Waals surface area contributed by atoms with Gasteiger partial charge in [-0.25, -0.2) is 0 Å². The van der Waals surface area contributed by atoms with Crippen LogP contribution in [0.25, 0.3) is 17.0 Å². The van der Waals surface area contributed by atoms with Crippen molar-refractivity contribution >= 4 is 28.6 Å². The lowest BCUT2D eigenvalue weighted by Crippen LogP contribution is -2.46. The molecule has 1 aliphatic rings. The summed E-state index contributed by atoms with van der Waals surface area (Å²) < 4.78 is 5.89. The quantitative estimate of drug-likeness (QED) is 0.290. The predicted molar refractivity (Wildman–Crippen MR) is 150 cm³/mol. The lowest BCUT2D eigenvalue weighted by molar-refractivity contribution is 0.404. The van der Waals surface area contributed by atoms with Crippen molar-refractivity contribution in [2.75, 3.05) is 4.90 Å². The summed E-state index contributed by atoms with van der Waals surface area (Å²) >= 11 is 5.87. The van der Waals surface area contributed by atoms with Gasteiger partial charge in [0.05, 0.1) is 11.6 Å². The van der Waals surface area contributed by atoms with E-state index in [4.69, 9.17) is 21.7 Å². The number of aryl methyl sites for hydroxylation is 3. The fourth-order valence-corrected chi connectivity index (χ4v) is 4.92. The fourth-order valence-electron chi connectivity index (χ4n) is 4.56. The molecule has 0 fully saturated rings. The third-order valence-electron chi connectivity index (χ3n) is 6.78. The van der Waals surface area contributed by atoms with Crippen molar-refractivity contribution in [1.29, 1.82) is 0 Å².